The van der Waals surface area contributed by atoms with Gasteiger partial charge in [0.05, 0.1) is 12.1 Å². The highest BCUT2D eigenvalue weighted by Crippen LogP contribution is 2.30. The molecular formula is C18H29FIN3O. The third-order valence-electron chi connectivity index (χ3n) is 4.45. The number of halogens is 2. The van der Waals surface area contributed by atoms with Gasteiger partial charge in [-0.15, -0.1) is 24.0 Å². The van der Waals surface area contributed by atoms with Gasteiger partial charge in [-0.2, -0.15) is 0 Å². The second kappa shape index (κ2) is 8.99. The Morgan fingerprint density at radius 3 is 2.58 bits per heavy atom. The first kappa shape index (κ1) is 21.2. The SMILES string of the molecule is CCNC(=NCC(C)(C)c1cccc(F)c1)NCC1(O)CCC1.I. The maximum absolute atomic E-state index is 13.4. The van der Waals surface area contributed by atoms with E-state index in [1.165, 1.54) is 6.07 Å². The van der Waals surface area contributed by atoms with Crippen LogP contribution in [0.5, 0.6) is 0 Å². The summed E-state index contributed by atoms with van der Waals surface area (Å²) in [5.74, 6) is 0.467. The summed E-state index contributed by atoms with van der Waals surface area (Å²) in [5, 5.41) is 16.6. The number of hydrogen-bond acceptors (Lipinski definition) is 2. The average Bonchev–Trinajstić information content (AvgIpc) is 2.48. The summed E-state index contributed by atoms with van der Waals surface area (Å²) in [7, 11) is 0. The van der Waals surface area contributed by atoms with Crippen molar-refractivity contribution < 1.29 is 9.50 Å². The molecule has 0 radical (unpaired) electrons. The largest absolute Gasteiger partial charge is 0.388 e. The van der Waals surface area contributed by atoms with E-state index in [4.69, 9.17) is 0 Å². The van der Waals surface area contributed by atoms with Crippen molar-refractivity contribution in [3.05, 3.63) is 35.6 Å². The maximum Gasteiger partial charge on any atom is 0.191 e. The molecule has 0 aliphatic heterocycles. The van der Waals surface area contributed by atoms with E-state index in [9.17, 15) is 9.50 Å². The molecule has 136 valence electrons. The molecule has 1 aliphatic rings. The Bertz CT molecular complexity index is 559. The molecule has 1 aliphatic carbocycles. The summed E-state index contributed by atoms with van der Waals surface area (Å²) >= 11 is 0. The second-order valence-corrected chi connectivity index (χ2v) is 7.02. The number of nitrogens with zero attached hydrogens (tertiary/aromatic N) is 1. The lowest BCUT2D eigenvalue weighted by atomic mass is 9.80. The van der Waals surface area contributed by atoms with Crippen molar-refractivity contribution in [2.75, 3.05) is 19.6 Å². The van der Waals surface area contributed by atoms with Gasteiger partial charge in [-0.3, -0.25) is 4.99 Å². The number of hydrogen-bond donors (Lipinski definition) is 3. The predicted octanol–water partition coefficient (Wildman–Crippen LogP) is 3.19. The lowest BCUT2D eigenvalue weighted by Gasteiger charge is -2.37. The predicted molar refractivity (Wildman–Crippen MR) is 108 cm³/mol. The molecule has 0 bridgehead atoms. The fraction of sp³-hybridized carbons (Fsp3) is 0.611. The lowest BCUT2D eigenvalue weighted by molar-refractivity contribution is -0.0279. The molecule has 1 fully saturated rings. The molecule has 0 saturated heterocycles. The highest BCUT2D eigenvalue weighted by molar-refractivity contribution is 14.0. The zero-order chi connectivity index (χ0) is 16.9. The van der Waals surface area contributed by atoms with E-state index in [1.54, 1.807) is 12.1 Å². The van der Waals surface area contributed by atoms with Gasteiger partial charge in [0.2, 0.25) is 0 Å². The van der Waals surface area contributed by atoms with Gasteiger partial charge in [0.25, 0.3) is 0 Å². The average molecular weight is 449 g/mol. The van der Waals surface area contributed by atoms with Gasteiger partial charge in [0, 0.05) is 18.5 Å². The van der Waals surface area contributed by atoms with Crippen LogP contribution in [0.3, 0.4) is 0 Å². The summed E-state index contributed by atoms with van der Waals surface area (Å²) < 4.78 is 13.4. The molecule has 0 spiro atoms. The first-order valence-electron chi connectivity index (χ1n) is 8.35. The van der Waals surface area contributed by atoms with Gasteiger partial charge in [0.15, 0.2) is 5.96 Å². The molecule has 0 amide bonds. The minimum atomic E-state index is -0.589. The summed E-state index contributed by atoms with van der Waals surface area (Å²) in [6, 6.07) is 6.67. The zero-order valence-corrected chi connectivity index (χ0v) is 17.1. The Hall–Kier alpha value is -0.890. The molecule has 0 atom stereocenters. The third-order valence-corrected chi connectivity index (χ3v) is 4.45. The minimum Gasteiger partial charge on any atom is -0.388 e. The molecule has 3 N–H and O–H groups in total. The van der Waals surface area contributed by atoms with E-state index in [1.807, 2.05) is 26.8 Å². The quantitative estimate of drug-likeness (QED) is 0.355. The monoisotopic (exact) mass is 449 g/mol. The molecule has 1 aromatic carbocycles. The minimum absolute atomic E-state index is 0. The van der Waals surface area contributed by atoms with Gasteiger partial charge in [-0.1, -0.05) is 26.0 Å². The van der Waals surface area contributed by atoms with E-state index in [0.29, 0.717) is 19.0 Å². The van der Waals surface area contributed by atoms with E-state index in [0.717, 1.165) is 31.4 Å². The van der Waals surface area contributed by atoms with Crippen LogP contribution in [0, 0.1) is 5.82 Å². The number of aliphatic hydroxyl groups is 1. The standard InChI is InChI=1S/C18H28FN3O.HI/c1-4-20-16(22-13-18(23)9-6-10-18)21-12-17(2,3)14-7-5-8-15(19)11-14;/h5,7-8,11,23H,4,6,9-10,12-13H2,1-3H3,(H2,20,21,22);1H. The van der Waals surface area contributed by atoms with Gasteiger partial charge >= 0.3 is 0 Å². The van der Waals surface area contributed by atoms with E-state index in [2.05, 4.69) is 15.6 Å². The van der Waals surface area contributed by atoms with Crippen LogP contribution in [0.1, 0.15) is 45.6 Å². The highest BCUT2D eigenvalue weighted by Gasteiger charge is 2.34. The van der Waals surface area contributed by atoms with E-state index >= 15 is 0 Å². The number of rotatable bonds is 6. The Kier molecular flexibility index (Phi) is 7.92. The normalized spacial score (nSPS) is 16.8. The summed E-state index contributed by atoms with van der Waals surface area (Å²) in [5.41, 5.74) is 0.0706. The van der Waals surface area contributed by atoms with Crippen LogP contribution in [0.25, 0.3) is 0 Å². The van der Waals surface area contributed by atoms with Crippen molar-refractivity contribution in [1.29, 1.82) is 0 Å². The topological polar surface area (TPSA) is 56.7 Å². The first-order valence-corrected chi connectivity index (χ1v) is 8.35. The van der Waals surface area contributed by atoms with Crippen LogP contribution in [0.15, 0.2) is 29.3 Å². The van der Waals surface area contributed by atoms with Gasteiger partial charge in [-0.25, -0.2) is 4.39 Å². The van der Waals surface area contributed by atoms with E-state index < -0.39 is 5.60 Å². The fourth-order valence-electron chi connectivity index (χ4n) is 2.63. The number of aliphatic imine (C=N–C) groups is 1. The molecule has 1 saturated carbocycles. The van der Waals surface area contributed by atoms with Crippen LogP contribution in [-0.4, -0.2) is 36.3 Å². The molecular weight excluding hydrogens is 420 g/mol. The molecule has 0 heterocycles. The Labute approximate surface area is 161 Å². The molecule has 2 rings (SSSR count). The van der Waals surface area contributed by atoms with Crippen molar-refractivity contribution in [2.45, 2.75) is 51.0 Å². The summed E-state index contributed by atoms with van der Waals surface area (Å²) in [6.45, 7) is 7.91. The van der Waals surface area contributed by atoms with Crippen molar-refractivity contribution in [3.8, 4) is 0 Å². The molecule has 6 heteroatoms. The first-order chi connectivity index (χ1) is 10.8. The van der Waals surface area contributed by atoms with Crippen LogP contribution < -0.4 is 10.6 Å². The van der Waals surface area contributed by atoms with Crippen LogP contribution >= 0.6 is 24.0 Å². The Morgan fingerprint density at radius 2 is 2.04 bits per heavy atom. The van der Waals surface area contributed by atoms with Crippen molar-refractivity contribution in [2.24, 2.45) is 4.99 Å². The van der Waals surface area contributed by atoms with Gasteiger partial charge in [-0.05, 0) is 43.9 Å². The highest BCUT2D eigenvalue weighted by atomic mass is 127. The lowest BCUT2D eigenvalue weighted by Crippen LogP contribution is -2.50. The third kappa shape index (κ3) is 5.88. The Balaban J connectivity index is 0.00000288. The molecule has 24 heavy (non-hydrogen) atoms. The summed E-state index contributed by atoms with van der Waals surface area (Å²) in [6.07, 6.45) is 2.76. The summed E-state index contributed by atoms with van der Waals surface area (Å²) in [4.78, 5) is 4.61. The zero-order valence-electron chi connectivity index (χ0n) is 14.7. The van der Waals surface area contributed by atoms with Crippen molar-refractivity contribution in [3.63, 3.8) is 0 Å². The van der Waals surface area contributed by atoms with Crippen LogP contribution in [0.2, 0.25) is 0 Å². The number of nitrogens with one attached hydrogen (secondary N) is 2. The molecule has 0 aromatic heterocycles. The number of benzene rings is 1. The molecule has 1 aromatic rings. The fourth-order valence-corrected chi connectivity index (χ4v) is 2.63. The van der Waals surface area contributed by atoms with Gasteiger partial charge in [0.1, 0.15) is 5.82 Å². The van der Waals surface area contributed by atoms with Crippen molar-refractivity contribution >= 4 is 29.9 Å². The van der Waals surface area contributed by atoms with Gasteiger partial charge < -0.3 is 15.7 Å². The number of guanidine groups is 1. The van der Waals surface area contributed by atoms with Crippen LogP contribution in [0.4, 0.5) is 4.39 Å². The molecule has 4 nitrogen and oxygen atoms in total. The maximum atomic E-state index is 13.4. The second-order valence-electron chi connectivity index (χ2n) is 7.02. The molecule has 0 unspecified atom stereocenters. The van der Waals surface area contributed by atoms with E-state index in [-0.39, 0.29) is 35.2 Å². The van der Waals surface area contributed by atoms with Crippen molar-refractivity contribution in [1.82, 2.24) is 10.6 Å². The van der Waals surface area contributed by atoms with Crippen LogP contribution in [-0.2, 0) is 5.41 Å². The smallest absolute Gasteiger partial charge is 0.191 e. The Morgan fingerprint density at radius 1 is 1.33 bits per heavy atom.